The van der Waals surface area contributed by atoms with Crippen LogP contribution in [0, 0.1) is 23.3 Å². The molecule has 1 heterocycles. The van der Waals surface area contributed by atoms with Gasteiger partial charge in [0.15, 0.2) is 37.6 Å². The van der Waals surface area contributed by atoms with Crippen molar-refractivity contribution in [2.75, 3.05) is 45.1 Å². The molecule has 1 unspecified atom stereocenters. The van der Waals surface area contributed by atoms with E-state index in [1.54, 1.807) is 36.4 Å². The van der Waals surface area contributed by atoms with Crippen LogP contribution in [0.1, 0.15) is 16.7 Å². The Labute approximate surface area is 504 Å². The molecule has 1 fully saturated rings. The highest BCUT2D eigenvalue weighted by molar-refractivity contribution is 7.90. The number of amides is 1. The van der Waals surface area contributed by atoms with E-state index < -0.39 is 176 Å². The Morgan fingerprint density at radius 3 is 1.46 bits per heavy atom. The fourth-order valence-electron chi connectivity index (χ4n) is 6.89. The summed E-state index contributed by atoms with van der Waals surface area (Å²) < 4.78 is 366. The van der Waals surface area contributed by atoms with Gasteiger partial charge in [0.25, 0.3) is 10.0 Å². The van der Waals surface area contributed by atoms with Gasteiger partial charge in [-0.05, 0) is 69.9 Å². The number of hydrogen-bond donors (Lipinski definition) is 0. The van der Waals surface area contributed by atoms with E-state index in [1.165, 1.54) is 66.7 Å². The molecule has 0 aromatic heterocycles. The van der Waals surface area contributed by atoms with Gasteiger partial charge in [-0.2, -0.15) is 69.8 Å². The molecule has 1 aliphatic heterocycles. The average Bonchev–Trinajstić information content (AvgIpc) is 0.722. The molecule has 5 aromatic carbocycles. The number of esters is 1. The molecule has 502 valence electrons. The lowest BCUT2D eigenvalue weighted by molar-refractivity contribution is -0.264. The summed E-state index contributed by atoms with van der Waals surface area (Å²) in [6.45, 7) is 4.58. The zero-order valence-corrected chi connectivity index (χ0v) is 48.8. The molecule has 22 nitrogen and oxygen atoms in total. The fraction of sp³-hybridized carbons (Fsp3) is 0.265. The number of rotatable bonds is 22. The topological polar surface area (TPSA) is 327 Å². The number of piperazine rings is 1. The number of hydrogen-bond acceptors (Lipinski definition) is 20. The number of ether oxygens (including phenoxy) is 4. The van der Waals surface area contributed by atoms with Crippen LogP contribution in [0.5, 0.6) is 23.0 Å². The maximum absolute atomic E-state index is 14.0. The SMILES string of the molecule is C=Cc1ccc(OC(=O)N2CCN(S(=O)(=O)C(F)(F)C(F)(F)C(F)(F)S(=O)(=O)[O-])CC2)cc1.C=Cc1ccc(OS(=O)(=O)CCOc2c(F)c(F)c(S(=O)(=O)[O-])c(F)c2F)cc1.C=Cc1ccc2cc(OC(=O)COC(C(F)(F)F)C(F)(F)S(=O)(=O)[O-])ccc2c1. The van der Waals surface area contributed by atoms with Crippen LogP contribution < -0.4 is 18.4 Å². The summed E-state index contributed by atoms with van der Waals surface area (Å²) in [7, 11) is -30.9. The van der Waals surface area contributed by atoms with Crippen LogP contribution in [0.15, 0.2) is 110 Å². The number of fused-ring (bicyclic) bond motifs is 1. The number of carbonyl (C=O) groups excluding carboxylic acids is 2. The first-order valence-electron chi connectivity index (χ1n) is 23.8. The van der Waals surface area contributed by atoms with Crippen molar-refractivity contribution >= 4 is 91.6 Å². The van der Waals surface area contributed by atoms with Gasteiger partial charge in [0.1, 0.15) is 51.2 Å². The van der Waals surface area contributed by atoms with Crippen LogP contribution in [0.4, 0.5) is 70.7 Å². The minimum atomic E-state index is -7.36. The first-order valence-corrected chi connectivity index (χ1v) is 31.0. The van der Waals surface area contributed by atoms with Crippen molar-refractivity contribution in [3.05, 3.63) is 145 Å². The average molecular weight is 1420 g/mol. The third-order valence-electron chi connectivity index (χ3n) is 11.5. The summed E-state index contributed by atoms with van der Waals surface area (Å²) in [6, 6.07) is 20.8. The number of nitrogens with zero attached hydrogens (tertiary/aromatic N) is 2. The zero-order chi connectivity index (χ0) is 69.5. The molecule has 0 aliphatic carbocycles. The van der Waals surface area contributed by atoms with Crippen molar-refractivity contribution in [3.8, 4) is 23.0 Å². The van der Waals surface area contributed by atoms with Crippen LogP contribution in [0.3, 0.4) is 0 Å². The van der Waals surface area contributed by atoms with E-state index in [0.717, 1.165) is 15.8 Å². The lowest BCUT2D eigenvalue weighted by atomic mass is 10.1. The van der Waals surface area contributed by atoms with Gasteiger partial charge in [-0.15, -0.1) is 0 Å². The van der Waals surface area contributed by atoms with Gasteiger partial charge < -0.3 is 41.7 Å². The molecule has 1 amide bonds. The van der Waals surface area contributed by atoms with Crippen LogP contribution in [0.2, 0.25) is 0 Å². The predicted molar refractivity (Wildman–Crippen MR) is 280 cm³/mol. The van der Waals surface area contributed by atoms with Gasteiger partial charge in [0.05, 0.1) is 0 Å². The maximum atomic E-state index is 14.0. The van der Waals surface area contributed by atoms with E-state index in [2.05, 4.69) is 29.2 Å². The van der Waals surface area contributed by atoms with Crippen molar-refractivity contribution in [1.82, 2.24) is 9.21 Å². The summed E-state index contributed by atoms with van der Waals surface area (Å²) in [5, 5.41) is -18.1. The van der Waals surface area contributed by atoms with Crippen LogP contribution in [-0.4, -0.2) is 156 Å². The number of sulfonamides is 1. The van der Waals surface area contributed by atoms with Crippen molar-refractivity contribution in [2.45, 2.75) is 38.9 Å². The van der Waals surface area contributed by atoms with E-state index in [9.17, 15) is 131 Å². The van der Waals surface area contributed by atoms with Crippen molar-refractivity contribution in [2.24, 2.45) is 0 Å². The lowest BCUT2D eigenvalue weighted by Gasteiger charge is -2.38. The van der Waals surface area contributed by atoms with E-state index in [-0.39, 0.29) is 21.6 Å². The molecule has 0 radical (unpaired) electrons. The monoisotopic (exact) mass is 1420 g/mol. The molecule has 0 spiro atoms. The Hall–Kier alpha value is -7.58. The van der Waals surface area contributed by atoms with Crippen molar-refractivity contribution < 1.29 is 154 Å². The summed E-state index contributed by atoms with van der Waals surface area (Å²) in [5.41, 5.74) is 2.18. The van der Waals surface area contributed by atoms with Crippen molar-refractivity contribution in [1.29, 1.82) is 0 Å². The molecule has 1 atom stereocenters. The summed E-state index contributed by atoms with van der Waals surface area (Å²) in [6.07, 6.45) is -6.71. The lowest BCUT2D eigenvalue weighted by Crippen LogP contribution is -2.64. The number of benzene rings is 5. The smallest absolute Gasteiger partial charge is 0.428 e. The highest BCUT2D eigenvalue weighted by Gasteiger charge is 2.80. The molecule has 42 heteroatoms. The normalized spacial score (nSPS) is 14.4. The minimum absolute atomic E-state index is 0.0629. The Morgan fingerprint density at radius 2 is 1.01 bits per heavy atom. The van der Waals surface area contributed by atoms with Gasteiger partial charge in [0.2, 0.25) is 17.7 Å². The number of halogens is 15. The Balaban J connectivity index is 0.000000292. The molecule has 1 saturated heterocycles. The molecule has 5 aromatic rings. The van der Waals surface area contributed by atoms with Crippen LogP contribution in [0.25, 0.3) is 29.0 Å². The van der Waals surface area contributed by atoms with Gasteiger partial charge in [-0.1, -0.05) is 80.4 Å². The zero-order valence-electron chi connectivity index (χ0n) is 44.7. The highest BCUT2D eigenvalue weighted by atomic mass is 32.2. The van der Waals surface area contributed by atoms with E-state index in [1.807, 2.05) is 0 Å². The standard InChI is InChI=1S/C17H13F5O6S.C16H16F6N2O7S2.C16H12F4O7S2/c1-2-10-3-4-12-8-13(6-5-11(12)7-10)28-14(23)9-27-15(16(18,19)20)17(21,22)29(24,25)26;1-2-11-3-5-12(6-4-11)31-13(25)23-7-9-24(10-8-23)32(26,27)15(19,20)14(17,18)16(21,22)33(28,29)30;1-2-9-3-5-10(6-4-9)27-28(21,22)8-7-26-15-11(17)13(19)16(29(23,24)25)14(20)12(15)18/h2-8,15H,1,9H2,(H,24,25,26);2-6H,1,7-10H2,(H,28,29,30);2-6H,1,7-8H2,(H,23,24,25)/p-3. The molecule has 91 heavy (non-hydrogen) atoms. The Kier molecular flexibility index (Phi) is 23.8. The molecular formula is C49H38F15N2O20S5-3. The molecule has 6 rings (SSSR count). The second-order valence-corrected chi connectivity index (χ2v) is 25.5. The fourth-order valence-corrected chi connectivity index (χ4v) is 10.7. The summed E-state index contributed by atoms with van der Waals surface area (Å²) in [5.74, 6) is -21.1. The minimum Gasteiger partial charge on any atom is -0.744 e. The predicted octanol–water partition coefficient (Wildman–Crippen LogP) is 8.19. The largest absolute Gasteiger partial charge is 0.744 e. The van der Waals surface area contributed by atoms with Gasteiger partial charge >= 0.3 is 50.0 Å². The Morgan fingerprint density at radius 1 is 0.560 bits per heavy atom. The first kappa shape index (κ1) is 75.9. The van der Waals surface area contributed by atoms with Crippen molar-refractivity contribution in [3.63, 3.8) is 0 Å². The van der Waals surface area contributed by atoms with E-state index in [0.29, 0.717) is 16.5 Å². The summed E-state index contributed by atoms with van der Waals surface area (Å²) >= 11 is 0. The second-order valence-electron chi connectivity index (χ2n) is 17.6. The number of alkyl halides is 11. The van der Waals surface area contributed by atoms with Crippen LogP contribution in [-0.2, 0) is 60.0 Å². The molecule has 0 bridgehead atoms. The quantitative estimate of drug-likeness (QED) is 0.0157. The van der Waals surface area contributed by atoms with Gasteiger partial charge in [-0.25, -0.2) is 52.0 Å². The third kappa shape index (κ3) is 17.9. The highest BCUT2D eigenvalue weighted by Crippen LogP contribution is 2.51. The Bertz CT molecular complexity index is 4110. The van der Waals surface area contributed by atoms with Crippen LogP contribution >= 0.6 is 0 Å². The molecule has 0 saturated carbocycles. The van der Waals surface area contributed by atoms with Gasteiger partial charge in [0, 0.05) is 26.2 Å². The molecular weight excluding hydrogens is 1380 g/mol. The third-order valence-corrected chi connectivity index (χ3v) is 17.2. The first-order chi connectivity index (χ1) is 41.5. The summed E-state index contributed by atoms with van der Waals surface area (Å²) in [4.78, 5) is 22.3. The van der Waals surface area contributed by atoms with E-state index >= 15 is 0 Å². The van der Waals surface area contributed by atoms with E-state index in [4.69, 9.17) is 13.7 Å². The second kappa shape index (κ2) is 28.5. The van der Waals surface area contributed by atoms with Gasteiger partial charge in [-0.3, -0.25) is 0 Å². The molecule has 0 N–H and O–H groups in total. The molecule has 1 aliphatic rings. The number of carbonyl (C=O) groups is 2. The maximum Gasteiger partial charge on any atom is 0.428 e.